The number of nitrogens with zero attached hydrogens (tertiary/aromatic N) is 2. The first-order valence-corrected chi connectivity index (χ1v) is 7.84. The third kappa shape index (κ3) is 4.62. The van der Waals surface area contributed by atoms with Gasteiger partial charge in [0.2, 0.25) is 0 Å². The fourth-order valence-electron chi connectivity index (χ4n) is 2.19. The topological polar surface area (TPSA) is 90.1 Å². The molecule has 0 fully saturated rings. The van der Waals surface area contributed by atoms with Gasteiger partial charge in [0, 0.05) is 5.69 Å². The van der Waals surface area contributed by atoms with Crippen LogP contribution in [0.4, 0.5) is 17.3 Å². The highest BCUT2D eigenvalue weighted by molar-refractivity contribution is 6.32. The number of carbonyl (C=O) groups excluding carboxylic acids is 1. The van der Waals surface area contributed by atoms with Gasteiger partial charge in [0.1, 0.15) is 30.3 Å². The lowest BCUT2D eigenvalue weighted by molar-refractivity contribution is 0.112. The number of nitrogens with one attached hydrogen (secondary N) is 1. The molecule has 3 rings (SSSR count). The van der Waals surface area contributed by atoms with Crippen molar-refractivity contribution >= 4 is 47.6 Å². The van der Waals surface area contributed by atoms with Crippen molar-refractivity contribution in [2.45, 2.75) is 6.61 Å². The normalized spacial score (nSPS) is 9.88. The first-order valence-electron chi connectivity index (χ1n) is 7.46. The Hall–Kier alpha value is -2.83. The Morgan fingerprint density at radius 2 is 1.92 bits per heavy atom. The van der Waals surface area contributed by atoms with Crippen molar-refractivity contribution in [3.05, 3.63) is 71.0 Å². The summed E-state index contributed by atoms with van der Waals surface area (Å²) in [4.78, 5) is 18.9. The summed E-state index contributed by atoms with van der Waals surface area (Å²) < 4.78 is 5.73. The number of hydrogen-bond acceptors (Lipinski definition) is 6. The van der Waals surface area contributed by atoms with Crippen LogP contribution in [0.3, 0.4) is 0 Å². The predicted molar refractivity (Wildman–Crippen MR) is 105 cm³/mol. The maximum Gasteiger partial charge on any atom is 0.157 e. The van der Waals surface area contributed by atoms with Gasteiger partial charge in [0.15, 0.2) is 6.29 Å². The van der Waals surface area contributed by atoms with E-state index < -0.39 is 0 Å². The molecule has 0 amide bonds. The molecule has 2 aromatic carbocycles. The second-order valence-corrected chi connectivity index (χ2v) is 5.59. The highest BCUT2D eigenvalue weighted by atomic mass is 35.5. The average Bonchev–Trinajstić information content (AvgIpc) is 2.62. The van der Waals surface area contributed by atoms with Crippen LogP contribution in [-0.2, 0) is 6.61 Å². The highest BCUT2D eigenvalue weighted by Gasteiger charge is 2.10. The van der Waals surface area contributed by atoms with E-state index in [1.165, 1.54) is 6.33 Å². The maximum absolute atomic E-state index is 11.1. The van der Waals surface area contributed by atoms with Crippen molar-refractivity contribution in [3.8, 4) is 5.75 Å². The van der Waals surface area contributed by atoms with Crippen LogP contribution < -0.4 is 15.8 Å². The molecule has 8 heteroatoms. The second kappa shape index (κ2) is 9.03. The van der Waals surface area contributed by atoms with Crippen molar-refractivity contribution in [1.82, 2.24) is 9.97 Å². The van der Waals surface area contributed by atoms with Crippen LogP contribution in [0.5, 0.6) is 5.75 Å². The average molecular weight is 391 g/mol. The zero-order valence-electron chi connectivity index (χ0n) is 13.6. The van der Waals surface area contributed by atoms with E-state index in [2.05, 4.69) is 15.3 Å². The van der Waals surface area contributed by atoms with Crippen LogP contribution in [0.1, 0.15) is 15.9 Å². The molecule has 26 heavy (non-hydrogen) atoms. The monoisotopic (exact) mass is 390 g/mol. The summed E-state index contributed by atoms with van der Waals surface area (Å²) >= 11 is 6.27. The van der Waals surface area contributed by atoms with E-state index in [9.17, 15) is 4.79 Å². The molecule has 0 unspecified atom stereocenters. The lowest BCUT2D eigenvalue weighted by atomic mass is 10.2. The van der Waals surface area contributed by atoms with E-state index in [1.807, 2.05) is 30.3 Å². The van der Waals surface area contributed by atoms with E-state index >= 15 is 0 Å². The molecule has 0 saturated heterocycles. The molecule has 0 saturated carbocycles. The third-order valence-corrected chi connectivity index (χ3v) is 3.76. The molecule has 134 valence electrons. The molecule has 0 radical (unpaired) electrons. The number of aromatic nitrogens is 2. The standard InChI is InChI=1S/C18H15ClN4O2.ClH/c19-15-8-13(23-18-14(9-24)17(20)21-11-22-18)6-7-16(15)25-10-12-4-2-1-3-5-12;/h1-9,11H,10H2,(H3,20,21,22,23);1H. The SMILES string of the molecule is Cl.Nc1ncnc(Nc2ccc(OCc3ccccc3)c(Cl)c2)c1C=O. The maximum atomic E-state index is 11.1. The molecule has 3 aromatic rings. The smallest absolute Gasteiger partial charge is 0.157 e. The van der Waals surface area contributed by atoms with Gasteiger partial charge in [-0.3, -0.25) is 4.79 Å². The number of rotatable bonds is 6. The Labute approximate surface area is 161 Å². The number of carbonyl (C=O) groups is 1. The second-order valence-electron chi connectivity index (χ2n) is 5.18. The summed E-state index contributed by atoms with van der Waals surface area (Å²) in [6.07, 6.45) is 1.89. The molecule has 0 spiro atoms. The number of hydrogen-bond donors (Lipinski definition) is 2. The Balaban J connectivity index is 0.00000243. The molecule has 0 aliphatic carbocycles. The zero-order valence-corrected chi connectivity index (χ0v) is 15.1. The van der Waals surface area contributed by atoms with E-state index in [0.29, 0.717) is 35.2 Å². The van der Waals surface area contributed by atoms with Gasteiger partial charge in [-0.25, -0.2) is 9.97 Å². The van der Waals surface area contributed by atoms with Crippen molar-refractivity contribution in [3.63, 3.8) is 0 Å². The number of aldehydes is 1. The van der Waals surface area contributed by atoms with Crippen molar-refractivity contribution in [1.29, 1.82) is 0 Å². The van der Waals surface area contributed by atoms with Crippen LogP contribution >= 0.6 is 24.0 Å². The first-order chi connectivity index (χ1) is 12.2. The molecule has 1 heterocycles. The highest BCUT2D eigenvalue weighted by Crippen LogP contribution is 2.30. The van der Waals surface area contributed by atoms with E-state index in [0.717, 1.165) is 5.56 Å². The van der Waals surface area contributed by atoms with E-state index in [-0.39, 0.29) is 23.8 Å². The van der Waals surface area contributed by atoms with Gasteiger partial charge in [0.05, 0.1) is 10.6 Å². The van der Waals surface area contributed by atoms with Gasteiger partial charge in [0.25, 0.3) is 0 Å². The van der Waals surface area contributed by atoms with Crippen LogP contribution in [0.25, 0.3) is 0 Å². The third-order valence-electron chi connectivity index (χ3n) is 3.46. The number of nitrogen functional groups attached to an aromatic ring is 1. The Morgan fingerprint density at radius 3 is 2.62 bits per heavy atom. The molecular weight excluding hydrogens is 375 g/mol. The Morgan fingerprint density at radius 1 is 1.15 bits per heavy atom. The van der Waals surface area contributed by atoms with Gasteiger partial charge >= 0.3 is 0 Å². The predicted octanol–water partition coefficient (Wildman–Crippen LogP) is 4.27. The van der Waals surface area contributed by atoms with E-state index in [4.69, 9.17) is 22.1 Å². The molecule has 6 nitrogen and oxygen atoms in total. The fraction of sp³-hybridized carbons (Fsp3) is 0.0556. The van der Waals surface area contributed by atoms with Crippen LogP contribution in [0.15, 0.2) is 54.9 Å². The number of anilines is 3. The minimum absolute atomic E-state index is 0. The van der Waals surface area contributed by atoms with Crippen LogP contribution in [0.2, 0.25) is 5.02 Å². The van der Waals surface area contributed by atoms with E-state index in [1.54, 1.807) is 18.2 Å². The summed E-state index contributed by atoms with van der Waals surface area (Å²) in [5, 5.41) is 3.44. The summed E-state index contributed by atoms with van der Waals surface area (Å²) in [5.41, 5.74) is 7.56. The summed E-state index contributed by atoms with van der Waals surface area (Å²) in [6.45, 7) is 0.422. The largest absolute Gasteiger partial charge is 0.487 e. The summed E-state index contributed by atoms with van der Waals surface area (Å²) in [7, 11) is 0. The molecule has 0 bridgehead atoms. The van der Waals surface area contributed by atoms with Crippen molar-refractivity contribution in [2.24, 2.45) is 0 Å². The lowest BCUT2D eigenvalue weighted by Crippen LogP contribution is -2.04. The van der Waals surface area contributed by atoms with Crippen molar-refractivity contribution in [2.75, 3.05) is 11.1 Å². The number of nitrogens with two attached hydrogens (primary N) is 1. The zero-order chi connectivity index (χ0) is 17.6. The fourth-order valence-corrected chi connectivity index (χ4v) is 2.43. The van der Waals surface area contributed by atoms with Crippen LogP contribution in [0, 0.1) is 0 Å². The minimum atomic E-state index is 0. The molecule has 0 atom stereocenters. The van der Waals surface area contributed by atoms with Gasteiger partial charge in [-0.05, 0) is 23.8 Å². The molecule has 0 aliphatic rings. The molecular formula is C18H16Cl2N4O2. The molecule has 3 N–H and O–H groups in total. The number of halogens is 2. The Kier molecular flexibility index (Phi) is 6.77. The van der Waals surface area contributed by atoms with Crippen molar-refractivity contribution < 1.29 is 9.53 Å². The van der Waals surface area contributed by atoms with Crippen LogP contribution in [-0.4, -0.2) is 16.3 Å². The Bertz CT molecular complexity index is 892. The molecule has 0 aliphatic heterocycles. The van der Waals surface area contributed by atoms with Gasteiger partial charge in [-0.2, -0.15) is 0 Å². The minimum Gasteiger partial charge on any atom is -0.487 e. The van der Waals surface area contributed by atoms with Gasteiger partial charge in [-0.15, -0.1) is 12.4 Å². The summed E-state index contributed by atoms with van der Waals surface area (Å²) in [5.74, 6) is 0.992. The quantitative estimate of drug-likeness (QED) is 0.610. The van der Waals surface area contributed by atoms with Gasteiger partial charge in [-0.1, -0.05) is 41.9 Å². The summed E-state index contributed by atoms with van der Waals surface area (Å²) in [6, 6.07) is 15.0. The molecule has 1 aromatic heterocycles. The lowest BCUT2D eigenvalue weighted by Gasteiger charge is -2.12. The first kappa shape index (κ1) is 19.5. The number of benzene rings is 2. The van der Waals surface area contributed by atoms with Gasteiger partial charge < -0.3 is 15.8 Å². The number of ether oxygens (including phenoxy) is 1.